The number of aliphatic hydroxyl groups excluding tert-OH is 2. The van der Waals surface area contributed by atoms with Crippen LogP contribution >= 0.6 is 11.6 Å². The van der Waals surface area contributed by atoms with E-state index in [1.165, 1.54) is 10.9 Å². The van der Waals surface area contributed by atoms with Gasteiger partial charge < -0.3 is 39.9 Å². The van der Waals surface area contributed by atoms with Crippen molar-refractivity contribution in [1.29, 1.82) is 0 Å². The summed E-state index contributed by atoms with van der Waals surface area (Å²) in [6.45, 7) is -0.319. The van der Waals surface area contributed by atoms with Gasteiger partial charge in [-0.05, 0) is 23.6 Å². The van der Waals surface area contributed by atoms with Gasteiger partial charge in [-0.25, -0.2) is 14.6 Å². The number of benzene rings is 1. The summed E-state index contributed by atoms with van der Waals surface area (Å²) in [5, 5.41) is 51.6. The number of hydrogen-bond acceptors (Lipinski definition) is 11. The van der Waals surface area contributed by atoms with Crippen molar-refractivity contribution in [3.8, 4) is 12.3 Å². The molecule has 1 aromatic carbocycles. The molecule has 216 valence electrons. The monoisotopic (exact) mass is 587 g/mol. The van der Waals surface area contributed by atoms with Crippen molar-refractivity contribution in [3.05, 3.63) is 47.5 Å². The fraction of sp³-hybridized carbons (Fsp3) is 0.423. The number of nitrogens with zero attached hydrogens (tertiary/aromatic N) is 5. The number of carboxylic acids is 2. The van der Waals surface area contributed by atoms with Crippen molar-refractivity contribution in [2.75, 3.05) is 24.7 Å². The van der Waals surface area contributed by atoms with Crippen LogP contribution in [0.25, 0.3) is 11.2 Å². The highest BCUT2D eigenvalue weighted by molar-refractivity contribution is 6.28. The van der Waals surface area contributed by atoms with Crippen molar-refractivity contribution in [3.63, 3.8) is 0 Å². The SMILES string of the molecule is C#C[C@@]1(O)[C@@H](COC(Cc2ccccc2)(C(=O)O)C(=O)O)OC(n2cnc3c(N4CCC4CO)nc(Cl)nc32)[C@@H]1O. The first-order chi connectivity index (χ1) is 19.6. The highest BCUT2D eigenvalue weighted by Crippen LogP contribution is 2.40. The van der Waals surface area contributed by atoms with Crippen molar-refractivity contribution in [1.82, 2.24) is 19.5 Å². The van der Waals surface area contributed by atoms with E-state index < -0.39 is 54.6 Å². The summed E-state index contributed by atoms with van der Waals surface area (Å²) < 4.78 is 12.6. The lowest BCUT2D eigenvalue weighted by Gasteiger charge is -2.40. The highest BCUT2D eigenvalue weighted by Gasteiger charge is 2.58. The van der Waals surface area contributed by atoms with E-state index in [1.54, 1.807) is 35.2 Å². The van der Waals surface area contributed by atoms with Crippen LogP contribution < -0.4 is 4.90 Å². The summed E-state index contributed by atoms with van der Waals surface area (Å²) in [7, 11) is 0. The van der Waals surface area contributed by atoms with Crippen LogP contribution in [0.2, 0.25) is 5.28 Å². The normalized spacial score (nSPS) is 26.1. The summed E-state index contributed by atoms with van der Waals surface area (Å²) in [6.07, 6.45) is 2.27. The summed E-state index contributed by atoms with van der Waals surface area (Å²) in [6, 6.07) is 7.82. The number of hydrogen-bond donors (Lipinski definition) is 5. The Kier molecular flexibility index (Phi) is 7.60. The third-order valence-electron chi connectivity index (χ3n) is 7.49. The maximum Gasteiger partial charge on any atom is 0.348 e. The number of terminal acetylenes is 1. The molecule has 15 heteroatoms. The molecule has 2 saturated heterocycles. The molecule has 5 N–H and O–H groups in total. The molecule has 0 spiro atoms. The molecule has 41 heavy (non-hydrogen) atoms. The molecular weight excluding hydrogens is 562 g/mol. The van der Waals surface area contributed by atoms with Crippen LogP contribution in [0.5, 0.6) is 0 Å². The van der Waals surface area contributed by atoms with Gasteiger partial charge in [0.05, 0.1) is 25.6 Å². The Bertz CT molecular complexity index is 1500. The van der Waals surface area contributed by atoms with Crippen LogP contribution in [0, 0.1) is 12.3 Å². The van der Waals surface area contributed by atoms with Gasteiger partial charge in [0.1, 0.15) is 12.2 Å². The number of ether oxygens (including phenoxy) is 2. The zero-order valence-corrected chi connectivity index (χ0v) is 22.1. The van der Waals surface area contributed by atoms with Crippen molar-refractivity contribution in [2.24, 2.45) is 0 Å². The second-order valence-electron chi connectivity index (χ2n) is 9.80. The van der Waals surface area contributed by atoms with Crippen LogP contribution in [-0.2, 0) is 25.5 Å². The van der Waals surface area contributed by atoms with Crippen LogP contribution in [0.4, 0.5) is 5.82 Å². The molecule has 0 radical (unpaired) electrons. The van der Waals surface area contributed by atoms with Crippen LogP contribution in [0.1, 0.15) is 18.2 Å². The van der Waals surface area contributed by atoms with E-state index in [4.69, 9.17) is 27.5 Å². The lowest BCUT2D eigenvalue weighted by molar-refractivity contribution is -0.191. The lowest BCUT2D eigenvalue weighted by atomic mass is 9.92. The predicted molar refractivity (Wildman–Crippen MR) is 141 cm³/mol. The van der Waals surface area contributed by atoms with Gasteiger partial charge in [-0.3, -0.25) is 4.57 Å². The molecule has 0 amide bonds. The molecule has 2 aliphatic rings. The Labute approximate surface area is 237 Å². The van der Waals surface area contributed by atoms with Gasteiger partial charge >= 0.3 is 11.9 Å². The molecule has 5 atom stereocenters. The van der Waals surface area contributed by atoms with Gasteiger partial charge in [0, 0.05) is 13.0 Å². The smallest absolute Gasteiger partial charge is 0.348 e. The van der Waals surface area contributed by atoms with Crippen molar-refractivity contribution < 1.29 is 44.6 Å². The average molecular weight is 588 g/mol. The Morgan fingerprint density at radius 3 is 2.54 bits per heavy atom. The minimum absolute atomic E-state index is 0.108. The second kappa shape index (κ2) is 10.9. The summed E-state index contributed by atoms with van der Waals surface area (Å²) in [5.74, 6) is -1.12. The first-order valence-electron chi connectivity index (χ1n) is 12.5. The van der Waals surface area contributed by atoms with Gasteiger partial charge in [0.2, 0.25) is 5.28 Å². The number of aliphatic hydroxyl groups is 3. The molecule has 14 nitrogen and oxygen atoms in total. The largest absolute Gasteiger partial charge is 0.479 e. The molecule has 2 aromatic heterocycles. The summed E-state index contributed by atoms with van der Waals surface area (Å²) in [5.41, 5.74) is -4.39. The molecule has 4 heterocycles. The van der Waals surface area contributed by atoms with Crippen molar-refractivity contribution in [2.45, 2.75) is 48.5 Å². The maximum absolute atomic E-state index is 12.2. The van der Waals surface area contributed by atoms with Gasteiger partial charge in [0.25, 0.3) is 5.60 Å². The minimum Gasteiger partial charge on any atom is -0.479 e. The number of carbonyl (C=O) groups is 2. The van der Waals surface area contributed by atoms with E-state index in [1.807, 2.05) is 0 Å². The number of carboxylic acid groups (broad SMARTS) is 2. The minimum atomic E-state index is -2.75. The standard InChI is InChI=1S/C26H26ClN5O9/c1-2-25(39)16(12-40-26(22(35)36,23(37)38)10-14-6-4-3-5-7-14)41-21(18(25)34)32-13-28-17-19(29-24(27)30-20(17)32)31-9-8-15(31)11-33/h1,3-7,13,15-16,18,21,33-34,39H,8-12H2,(H,35,36)(H,37,38)/t15?,16-,18+,21?,25-/m1/s1. The molecule has 2 unspecified atom stereocenters. The van der Waals surface area contributed by atoms with Gasteiger partial charge in [-0.2, -0.15) is 9.97 Å². The fourth-order valence-corrected chi connectivity index (χ4v) is 5.17. The first kappa shape index (κ1) is 28.7. The average Bonchev–Trinajstić information content (AvgIpc) is 3.45. The molecule has 3 aromatic rings. The molecule has 0 saturated carbocycles. The van der Waals surface area contributed by atoms with E-state index in [2.05, 4.69) is 20.9 Å². The Morgan fingerprint density at radius 2 is 1.95 bits per heavy atom. The van der Waals surface area contributed by atoms with E-state index in [0.717, 1.165) is 6.42 Å². The van der Waals surface area contributed by atoms with E-state index in [-0.39, 0.29) is 29.1 Å². The van der Waals surface area contributed by atoms with Crippen molar-refractivity contribution >= 4 is 40.5 Å². The van der Waals surface area contributed by atoms with Gasteiger partial charge in [0.15, 0.2) is 28.8 Å². The van der Waals surface area contributed by atoms with E-state index >= 15 is 0 Å². The number of anilines is 1. The number of aromatic nitrogens is 4. The quantitative estimate of drug-likeness (QED) is 0.119. The summed E-state index contributed by atoms with van der Waals surface area (Å²) in [4.78, 5) is 39.0. The topological polar surface area (TPSA) is 201 Å². The zero-order chi connectivity index (χ0) is 29.5. The third kappa shape index (κ3) is 4.76. The number of fused-ring (bicyclic) bond motifs is 1. The number of aliphatic carboxylic acids is 2. The second-order valence-corrected chi connectivity index (χ2v) is 10.1. The maximum atomic E-state index is 12.2. The molecule has 5 rings (SSSR count). The van der Waals surface area contributed by atoms with Gasteiger partial charge in [-0.15, -0.1) is 6.42 Å². The number of imidazole rings is 1. The molecular formula is C26H26ClN5O9. The Balaban J connectivity index is 1.45. The number of rotatable bonds is 10. The molecule has 2 aliphatic heterocycles. The number of halogens is 1. The van der Waals surface area contributed by atoms with E-state index in [0.29, 0.717) is 17.9 Å². The Morgan fingerprint density at radius 1 is 1.24 bits per heavy atom. The fourth-order valence-electron chi connectivity index (χ4n) is 5.01. The molecule has 2 fully saturated rings. The van der Waals surface area contributed by atoms with E-state index in [9.17, 15) is 35.1 Å². The van der Waals surface area contributed by atoms with Crippen LogP contribution in [-0.4, -0.2) is 106 Å². The van der Waals surface area contributed by atoms with Gasteiger partial charge in [-0.1, -0.05) is 36.3 Å². The zero-order valence-electron chi connectivity index (χ0n) is 21.4. The highest BCUT2D eigenvalue weighted by atomic mass is 35.5. The molecule has 0 bridgehead atoms. The third-order valence-corrected chi connectivity index (χ3v) is 7.66. The molecule has 0 aliphatic carbocycles. The Hall–Kier alpha value is -3.84. The van der Waals surface area contributed by atoms with Crippen LogP contribution in [0.3, 0.4) is 0 Å². The summed E-state index contributed by atoms with van der Waals surface area (Å²) >= 11 is 6.18. The predicted octanol–water partition coefficient (Wildman–Crippen LogP) is -0.159. The first-order valence-corrected chi connectivity index (χ1v) is 12.9. The van der Waals surface area contributed by atoms with Crippen LogP contribution in [0.15, 0.2) is 36.7 Å². The lowest BCUT2D eigenvalue weighted by Crippen LogP contribution is -2.55.